The zero-order chi connectivity index (χ0) is 31.1. The van der Waals surface area contributed by atoms with Crippen molar-refractivity contribution >= 4 is 23.9 Å². The second kappa shape index (κ2) is 16.4. The first kappa shape index (κ1) is 41.7. The Morgan fingerprint density at radius 1 is 0.452 bits per heavy atom. The van der Waals surface area contributed by atoms with E-state index in [4.69, 9.17) is 20.4 Å². The molecule has 2 aromatic rings. The fraction of sp³-hybridized carbons (Fsp3) is 0.500. The van der Waals surface area contributed by atoms with Gasteiger partial charge in [0.05, 0.1) is 21.7 Å². The SMILES string of the molecule is CC(C)(Cc1cccc(CC(C)(C)C(=O)O)c1)C(=O)O.CC(C)(Cc1cccc(CC(C)(C)C(=O)O)c1)C(=O)O.[Rh+2].[Rh+2]. The molecule has 0 unspecified atom stereocenters. The second-order valence-electron chi connectivity index (χ2n) is 13.1. The molecule has 0 spiro atoms. The van der Waals surface area contributed by atoms with Crippen molar-refractivity contribution in [1.82, 2.24) is 0 Å². The third kappa shape index (κ3) is 13.3. The van der Waals surface area contributed by atoms with Crippen LogP contribution in [0.2, 0.25) is 0 Å². The van der Waals surface area contributed by atoms with Gasteiger partial charge < -0.3 is 20.4 Å². The number of hydrogen-bond donors (Lipinski definition) is 4. The molecule has 0 saturated carbocycles. The standard InChI is InChI=1S/2C16H22O4.2Rh/c2*1-15(2,13(17)18)9-11-6-5-7-12(8-11)10-16(3,4)14(19)20;;/h2*5-8H,9-10H2,1-4H3,(H,17,18)(H,19,20);;/q;;2*+2. The summed E-state index contributed by atoms with van der Waals surface area (Å²) in [6, 6.07) is 15.0. The van der Waals surface area contributed by atoms with Gasteiger partial charge in [-0.2, -0.15) is 0 Å². The predicted octanol–water partition coefficient (Wildman–Crippen LogP) is 5.98. The third-order valence-corrected chi connectivity index (χ3v) is 6.88. The Morgan fingerprint density at radius 2 is 0.619 bits per heavy atom. The van der Waals surface area contributed by atoms with Crippen LogP contribution in [0.15, 0.2) is 48.5 Å². The van der Waals surface area contributed by atoms with E-state index in [0.29, 0.717) is 25.7 Å². The summed E-state index contributed by atoms with van der Waals surface area (Å²) in [5.74, 6) is -3.36. The molecule has 0 bridgehead atoms. The summed E-state index contributed by atoms with van der Waals surface area (Å²) in [4.78, 5) is 44.6. The summed E-state index contributed by atoms with van der Waals surface area (Å²) in [7, 11) is 0. The van der Waals surface area contributed by atoms with Crippen molar-refractivity contribution in [2.75, 3.05) is 0 Å². The molecule has 2 radical (unpaired) electrons. The first-order chi connectivity index (χ1) is 18.1. The number of carbonyl (C=O) groups is 4. The first-order valence-corrected chi connectivity index (χ1v) is 13.2. The van der Waals surface area contributed by atoms with E-state index in [2.05, 4.69) is 0 Å². The molecule has 234 valence electrons. The number of aliphatic carboxylic acids is 4. The van der Waals surface area contributed by atoms with Gasteiger partial charge in [-0.15, -0.1) is 0 Å². The maximum absolute atomic E-state index is 11.2. The van der Waals surface area contributed by atoms with E-state index in [0.717, 1.165) is 22.3 Å². The minimum atomic E-state index is -0.839. The number of benzene rings is 2. The van der Waals surface area contributed by atoms with Crippen molar-refractivity contribution in [3.8, 4) is 0 Å². The predicted molar refractivity (Wildman–Crippen MR) is 153 cm³/mol. The van der Waals surface area contributed by atoms with Crippen LogP contribution < -0.4 is 0 Å². The number of hydrogen-bond acceptors (Lipinski definition) is 4. The molecule has 42 heavy (non-hydrogen) atoms. The zero-order valence-electron chi connectivity index (χ0n) is 25.5. The molecule has 0 saturated heterocycles. The van der Waals surface area contributed by atoms with E-state index in [1.54, 1.807) is 55.4 Å². The largest absolute Gasteiger partial charge is 2.00 e. The number of carboxylic acids is 4. The maximum Gasteiger partial charge on any atom is 2.00 e. The Kier molecular flexibility index (Phi) is 16.3. The summed E-state index contributed by atoms with van der Waals surface area (Å²) in [6.07, 6.45) is 1.68. The normalized spacial score (nSPS) is 11.6. The molecule has 10 heteroatoms. The molecule has 0 aliphatic heterocycles. The van der Waals surface area contributed by atoms with Crippen molar-refractivity contribution < 1.29 is 78.6 Å². The molecule has 0 fully saturated rings. The average Bonchev–Trinajstić information content (AvgIpc) is 2.78. The fourth-order valence-electron chi connectivity index (χ4n) is 4.04. The quantitative estimate of drug-likeness (QED) is 0.193. The molecule has 0 aliphatic carbocycles. The Labute approximate surface area is 274 Å². The maximum atomic E-state index is 11.2. The van der Waals surface area contributed by atoms with Gasteiger partial charge in [-0.05, 0) is 103 Å². The van der Waals surface area contributed by atoms with Gasteiger partial charge in [0.25, 0.3) is 0 Å². The Morgan fingerprint density at radius 3 is 0.762 bits per heavy atom. The van der Waals surface area contributed by atoms with E-state index < -0.39 is 45.5 Å². The van der Waals surface area contributed by atoms with Gasteiger partial charge in [-0.1, -0.05) is 48.5 Å². The van der Waals surface area contributed by atoms with Crippen LogP contribution in [0, 0.1) is 21.7 Å². The van der Waals surface area contributed by atoms with Crippen LogP contribution in [0.3, 0.4) is 0 Å². The fourth-order valence-corrected chi connectivity index (χ4v) is 4.04. The summed E-state index contributed by atoms with van der Waals surface area (Å²) in [5, 5.41) is 36.6. The van der Waals surface area contributed by atoms with Gasteiger partial charge in [0.1, 0.15) is 0 Å². The van der Waals surface area contributed by atoms with Crippen LogP contribution in [-0.4, -0.2) is 44.3 Å². The van der Waals surface area contributed by atoms with Crippen LogP contribution in [0.5, 0.6) is 0 Å². The van der Waals surface area contributed by atoms with Crippen LogP contribution in [0.25, 0.3) is 0 Å². The van der Waals surface area contributed by atoms with Crippen LogP contribution in [-0.2, 0) is 83.8 Å². The van der Waals surface area contributed by atoms with E-state index in [1.165, 1.54) is 0 Å². The van der Waals surface area contributed by atoms with Crippen LogP contribution in [0.4, 0.5) is 0 Å². The summed E-state index contributed by atoms with van der Waals surface area (Å²) >= 11 is 0. The summed E-state index contributed by atoms with van der Waals surface area (Å²) in [5.41, 5.74) is 0.323. The molecular formula is C32H44O8Rh2+4. The van der Waals surface area contributed by atoms with Gasteiger partial charge >= 0.3 is 62.8 Å². The van der Waals surface area contributed by atoms with Crippen molar-refractivity contribution in [3.05, 3.63) is 70.8 Å². The smallest absolute Gasteiger partial charge is 0.481 e. The molecule has 4 N–H and O–H groups in total. The molecule has 0 aromatic heterocycles. The van der Waals surface area contributed by atoms with Gasteiger partial charge in [0.15, 0.2) is 0 Å². The minimum absolute atomic E-state index is 0. The van der Waals surface area contributed by atoms with Crippen molar-refractivity contribution in [2.45, 2.75) is 81.1 Å². The van der Waals surface area contributed by atoms with Crippen molar-refractivity contribution in [2.24, 2.45) is 21.7 Å². The topological polar surface area (TPSA) is 149 Å². The summed E-state index contributed by atoms with van der Waals surface area (Å²) in [6.45, 7) is 13.5. The molecule has 2 aromatic carbocycles. The van der Waals surface area contributed by atoms with E-state index in [-0.39, 0.29) is 39.0 Å². The molecule has 0 atom stereocenters. The Hall–Kier alpha value is -2.43. The van der Waals surface area contributed by atoms with Gasteiger partial charge in [0, 0.05) is 0 Å². The molecule has 2 rings (SSSR count). The number of rotatable bonds is 12. The van der Waals surface area contributed by atoms with Gasteiger partial charge in [-0.25, -0.2) is 0 Å². The van der Waals surface area contributed by atoms with E-state index >= 15 is 0 Å². The monoisotopic (exact) mass is 762 g/mol. The molecule has 0 heterocycles. The van der Waals surface area contributed by atoms with Crippen LogP contribution in [0.1, 0.15) is 77.6 Å². The van der Waals surface area contributed by atoms with Gasteiger partial charge in [-0.3, -0.25) is 19.2 Å². The third-order valence-electron chi connectivity index (χ3n) is 6.88. The van der Waals surface area contributed by atoms with E-state index in [9.17, 15) is 19.2 Å². The first-order valence-electron chi connectivity index (χ1n) is 13.2. The van der Waals surface area contributed by atoms with Crippen molar-refractivity contribution in [1.29, 1.82) is 0 Å². The van der Waals surface area contributed by atoms with Crippen molar-refractivity contribution in [3.63, 3.8) is 0 Å². The summed E-state index contributed by atoms with van der Waals surface area (Å²) < 4.78 is 0. The second-order valence-corrected chi connectivity index (χ2v) is 13.1. The molecular weight excluding hydrogens is 718 g/mol. The molecule has 8 nitrogen and oxygen atoms in total. The minimum Gasteiger partial charge on any atom is -0.481 e. The molecule has 0 aliphatic rings. The van der Waals surface area contributed by atoms with E-state index in [1.807, 2.05) is 48.5 Å². The van der Waals surface area contributed by atoms with Gasteiger partial charge in [0.2, 0.25) is 0 Å². The Bertz CT molecular complexity index is 1050. The van der Waals surface area contributed by atoms with Crippen LogP contribution >= 0.6 is 0 Å². The Balaban J connectivity index is 0. The molecule has 0 amide bonds. The average molecular weight is 763 g/mol. The number of carboxylic acid groups (broad SMARTS) is 4. The zero-order valence-corrected chi connectivity index (χ0v) is 28.8.